The molecular weight excluding hydrogens is 1230 g/mol. The maximum atomic E-state index is 12.9. The molecule has 10 heteroatoms. The van der Waals surface area contributed by atoms with Crippen LogP contribution in [0.4, 0.5) is 0 Å². The summed E-state index contributed by atoms with van der Waals surface area (Å²) in [5.41, 5.74) is 0. The smallest absolute Gasteiger partial charge is 0.462 e. The predicted octanol–water partition coefficient (Wildman–Crippen LogP) is 28.2. The van der Waals surface area contributed by atoms with Crippen LogP contribution in [0.25, 0.3) is 0 Å². The van der Waals surface area contributed by atoms with Gasteiger partial charge in [-0.15, -0.1) is 0 Å². The van der Waals surface area contributed by atoms with Gasteiger partial charge >= 0.3 is 19.8 Å². The minimum absolute atomic E-state index is 0.0315. The number of ether oxygens (including phenoxy) is 2. The van der Waals surface area contributed by atoms with Gasteiger partial charge in [0.1, 0.15) is 19.8 Å². The maximum absolute atomic E-state index is 12.9. The Morgan fingerprint density at radius 3 is 0.867 bits per heavy atom. The minimum Gasteiger partial charge on any atom is -0.462 e. The van der Waals surface area contributed by atoms with Gasteiger partial charge in [0.05, 0.1) is 27.7 Å². The molecule has 0 amide bonds. The van der Waals surface area contributed by atoms with Crippen molar-refractivity contribution in [2.75, 3.05) is 47.5 Å². The van der Waals surface area contributed by atoms with Crippen LogP contribution in [0.3, 0.4) is 0 Å². The van der Waals surface area contributed by atoms with E-state index in [4.69, 9.17) is 18.5 Å². The number of unbranched alkanes of at least 4 members (excludes halogenated alkanes) is 48. The molecule has 1 N–H and O–H groups in total. The average molecular weight is 1390 g/mol. The van der Waals surface area contributed by atoms with Crippen molar-refractivity contribution in [2.24, 2.45) is 0 Å². The molecular formula is C88H161NO8P+. The first kappa shape index (κ1) is 94.9. The summed E-state index contributed by atoms with van der Waals surface area (Å²) in [5, 5.41) is 0. The Labute approximate surface area is 608 Å². The second-order valence-corrected chi connectivity index (χ2v) is 30.9. The number of nitrogens with zero attached hydrogens (tertiary/aromatic N) is 1. The van der Waals surface area contributed by atoms with Gasteiger partial charge in [0.2, 0.25) is 0 Å². The lowest BCUT2D eigenvalue weighted by Gasteiger charge is -2.24. The number of hydrogen-bond acceptors (Lipinski definition) is 7. The molecule has 0 saturated carbocycles. The molecule has 2 unspecified atom stereocenters. The molecule has 0 aliphatic heterocycles. The van der Waals surface area contributed by atoms with E-state index in [1.165, 1.54) is 289 Å². The van der Waals surface area contributed by atoms with E-state index in [0.717, 1.165) is 77.0 Å². The summed E-state index contributed by atoms with van der Waals surface area (Å²) in [6.07, 6.45) is 110. The highest BCUT2D eigenvalue weighted by atomic mass is 31.2. The molecule has 0 radical (unpaired) electrons. The van der Waals surface area contributed by atoms with E-state index in [1.54, 1.807) is 0 Å². The van der Waals surface area contributed by atoms with E-state index in [0.29, 0.717) is 23.9 Å². The Kier molecular flexibility index (Phi) is 75.6. The van der Waals surface area contributed by atoms with Gasteiger partial charge in [0.15, 0.2) is 6.10 Å². The summed E-state index contributed by atoms with van der Waals surface area (Å²) in [6, 6.07) is 0. The van der Waals surface area contributed by atoms with E-state index in [-0.39, 0.29) is 25.6 Å². The molecule has 2 atom stereocenters. The van der Waals surface area contributed by atoms with Gasteiger partial charge in [-0.3, -0.25) is 18.6 Å². The molecule has 0 saturated heterocycles. The van der Waals surface area contributed by atoms with Crippen LogP contribution in [-0.4, -0.2) is 74.9 Å². The lowest BCUT2D eigenvalue weighted by atomic mass is 10.0. The van der Waals surface area contributed by atoms with Crippen molar-refractivity contribution < 1.29 is 42.1 Å². The first-order chi connectivity index (χ1) is 48.0. The second-order valence-electron chi connectivity index (χ2n) is 29.5. The van der Waals surface area contributed by atoms with Crippen molar-refractivity contribution in [3.05, 3.63) is 97.2 Å². The predicted molar refractivity (Wildman–Crippen MR) is 427 cm³/mol. The van der Waals surface area contributed by atoms with Crippen LogP contribution in [0, 0.1) is 0 Å². The Morgan fingerprint density at radius 2 is 0.582 bits per heavy atom. The van der Waals surface area contributed by atoms with Crippen LogP contribution in [0.1, 0.15) is 399 Å². The molecule has 0 aromatic heterocycles. The molecule has 0 aromatic rings. The van der Waals surface area contributed by atoms with Gasteiger partial charge in [-0.2, -0.15) is 0 Å². The molecule has 0 aromatic carbocycles. The van der Waals surface area contributed by atoms with E-state index >= 15 is 0 Å². The van der Waals surface area contributed by atoms with Crippen molar-refractivity contribution in [3.8, 4) is 0 Å². The highest BCUT2D eigenvalue weighted by Gasteiger charge is 2.27. The summed E-state index contributed by atoms with van der Waals surface area (Å²) in [5.74, 6) is -0.780. The fourth-order valence-corrected chi connectivity index (χ4v) is 13.0. The molecule has 570 valence electrons. The van der Waals surface area contributed by atoms with Crippen LogP contribution >= 0.6 is 7.82 Å². The standard InChI is InChI=1S/C88H160NO8P/c1-6-8-10-12-14-16-18-20-22-24-26-28-30-32-34-36-38-40-42-43-44-45-47-48-50-52-54-56-58-60-62-64-66-68-70-72-74-76-78-80-87(90)94-84-86(85-96-98(92,93)95-83-82-89(3,4)5)97-88(91)81-79-77-75-73-71-69-67-65-63-61-59-57-55-53-51-49-46-41-39-37-35-33-31-29-27-25-23-21-19-17-15-13-11-9-7-2/h9,11,15,17-18,20-21,23-24,26-27,29,33,35,39,41,86H,6-8,10,12-14,16,19,22,25,28,30-32,34,36-38,40,42-85H2,1-5H3/p+1/b11-9-,17-15-,20-18-,23-21-,26-24-,29-27-,35-33-,41-39-. The molecule has 0 bridgehead atoms. The zero-order valence-corrected chi connectivity index (χ0v) is 66.2. The van der Waals surface area contributed by atoms with Crippen molar-refractivity contribution in [1.82, 2.24) is 0 Å². The Balaban J connectivity index is 3.91. The number of esters is 2. The van der Waals surface area contributed by atoms with E-state index < -0.39 is 26.5 Å². The molecule has 0 spiro atoms. The fourth-order valence-electron chi connectivity index (χ4n) is 12.2. The lowest BCUT2D eigenvalue weighted by Crippen LogP contribution is -2.37. The van der Waals surface area contributed by atoms with Gasteiger partial charge in [-0.05, 0) is 96.3 Å². The quantitative estimate of drug-likeness (QED) is 0.0211. The second kappa shape index (κ2) is 78.1. The first-order valence-corrected chi connectivity index (χ1v) is 43.5. The number of likely N-dealkylation sites (N-methyl/N-ethyl adjacent to an activating group) is 1. The number of hydrogen-bond donors (Lipinski definition) is 1. The molecule has 0 fully saturated rings. The third-order valence-corrected chi connectivity index (χ3v) is 19.6. The molecule has 0 aliphatic carbocycles. The van der Waals surface area contributed by atoms with E-state index in [9.17, 15) is 19.0 Å². The first-order valence-electron chi connectivity index (χ1n) is 42.0. The topological polar surface area (TPSA) is 108 Å². The van der Waals surface area contributed by atoms with Crippen molar-refractivity contribution >= 4 is 19.8 Å². The molecule has 0 rings (SSSR count). The Morgan fingerprint density at radius 1 is 0.327 bits per heavy atom. The fraction of sp³-hybridized carbons (Fsp3) is 0.795. The normalized spacial score (nSPS) is 13.5. The maximum Gasteiger partial charge on any atom is 0.472 e. The highest BCUT2D eigenvalue weighted by Crippen LogP contribution is 2.43. The zero-order chi connectivity index (χ0) is 71.1. The van der Waals surface area contributed by atoms with Crippen LogP contribution in [0.15, 0.2) is 97.2 Å². The van der Waals surface area contributed by atoms with Crippen molar-refractivity contribution in [3.63, 3.8) is 0 Å². The number of allylic oxidation sites excluding steroid dienone is 16. The molecule has 98 heavy (non-hydrogen) atoms. The Bertz CT molecular complexity index is 1980. The Hall–Kier alpha value is -3.07. The zero-order valence-electron chi connectivity index (χ0n) is 65.3. The molecule has 0 heterocycles. The summed E-state index contributed by atoms with van der Waals surface area (Å²) in [6.45, 7) is 4.37. The van der Waals surface area contributed by atoms with Crippen molar-refractivity contribution in [1.29, 1.82) is 0 Å². The van der Waals surface area contributed by atoms with Crippen LogP contribution in [-0.2, 0) is 32.7 Å². The SMILES string of the molecule is CC/C=C\C/C=C\C/C=C\C/C=C\C/C=C\C/C=C\CCCCCCCCCCCCCCCCCCC(=O)OC(COC(=O)CCCCCCCCCCCCCCCCCCCCCCCCCCCCC/C=C\C/C=C\CCCCCCC)COP(=O)(O)OCC[N+](C)(C)C. The summed E-state index contributed by atoms with van der Waals surface area (Å²) in [7, 11) is 1.49. The van der Waals surface area contributed by atoms with Crippen LogP contribution < -0.4 is 0 Å². The summed E-state index contributed by atoms with van der Waals surface area (Å²) >= 11 is 0. The lowest BCUT2D eigenvalue weighted by molar-refractivity contribution is -0.870. The number of quaternary nitrogens is 1. The summed E-state index contributed by atoms with van der Waals surface area (Å²) in [4.78, 5) is 36.0. The van der Waals surface area contributed by atoms with E-state index in [2.05, 4.69) is 111 Å². The third kappa shape index (κ3) is 81.9. The van der Waals surface area contributed by atoms with E-state index in [1.807, 2.05) is 21.1 Å². The van der Waals surface area contributed by atoms with Crippen molar-refractivity contribution in [2.45, 2.75) is 405 Å². The minimum atomic E-state index is -4.40. The number of rotatable bonds is 78. The van der Waals surface area contributed by atoms with Gasteiger partial charge < -0.3 is 18.9 Å². The van der Waals surface area contributed by atoms with Gasteiger partial charge in [0, 0.05) is 12.8 Å². The van der Waals surface area contributed by atoms with Crippen LogP contribution in [0.5, 0.6) is 0 Å². The molecule has 0 aliphatic rings. The highest BCUT2D eigenvalue weighted by molar-refractivity contribution is 7.47. The number of phosphoric ester groups is 1. The summed E-state index contributed by atoms with van der Waals surface area (Å²) < 4.78 is 34.9. The van der Waals surface area contributed by atoms with Crippen LogP contribution in [0.2, 0.25) is 0 Å². The molecule has 9 nitrogen and oxygen atoms in total. The number of carbonyl (C=O) groups is 2. The van der Waals surface area contributed by atoms with Gasteiger partial charge in [0.25, 0.3) is 0 Å². The number of carbonyl (C=O) groups excluding carboxylic acids is 2. The number of phosphoric acid groups is 1. The van der Waals surface area contributed by atoms with Gasteiger partial charge in [-0.1, -0.05) is 387 Å². The largest absolute Gasteiger partial charge is 0.472 e. The third-order valence-electron chi connectivity index (χ3n) is 18.6. The monoisotopic (exact) mass is 1390 g/mol. The average Bonchev–Trinajstić information content (AvgIpc) is 1.08. The van der Waals surface area contributed by atoms with Gasteiger partial charge in [-0.25, -0.2) is 4.57 Å².